The van der Waals surface area contributed by atoms with E-state index >= 15 is 0 Å². The van der Waals surface area contributed by atoms with Crippen LogP contribution >= 0.6 is 0 Å². The van der Waals surface area contributed by atoms with Gasteiger partial charge in [-0.25, -0.2) is 13.6 Å². The molecule has 0 saturated heterocycles. The van der Waals surface area contributed by atoms with Crippen LogP contribution in [-0.2, 0) is 7.05 Å². The Morgan fingerprint density at radius 3 is 2.47 bits per heavy atom. The maximum atomic E-state index is 11.7. The van der Waals surface area contributed by atoms with Crippen LogP contribution < -0.4 is 0 Å². The molecule has 0 aliphatic rings. The molecule has 0 aliphatic heterocycles. The van der Waals surface area contributed by atoms with Gasteiger partial charge >= 0.3 is 5.97 Å². The fourth-order valence-corrected chi connectivity index (χ4v) is 0.936. The Balaban J connectivity index is 0.000000171. The zero-order valence-electron chi connectivity index (χ0n) is 8.88. The number of hydrogen-bond donors (Lipinski definition) is 1. The highest BCUT2D eigenvalue weighted by Gasteiger charge is 2.08. The standard InChI is InChI=1S/C5H6F2N2.C5H4O3/c1-9-3-2-4(8-9)5(6)7;6-5(7)4-1-2-8-3-4/h2-3,5H,1H3;1-3H,(H,6,7). The van der Waals surface area contributed by atoms with Crippen molar-refractivity contribution in [1.82, 2.24) is 9.78 Å². The van der Waals surface area contributed by atoms with Crippen molar-refractivity contribution in [2.75, 3.05) is 0 Å². The number of halogens is 2. The summed E-state index contributed by atoms with van der Waals surface area (Å²) in [6.45, 7) is 0. The van der Waals surface area contributed by atoms with Crippen molar-refractivity contribution in [1.29, 1.82) is 0 Å². The van der Waals surface area contributed by atoms with Crippen LogP contribution in [-0.4, -0.2) is 20.9 Å². The molecule has 0 atom stereocenters. The summed E-state index contributed by atoms with van der Waals surface area (Å²) in [5, 5.41) is 11.7. The maximum Gasteiger partial charge on any atom is 0.338 e. The highest BCUT2D eigenvalue weighted by molar-refractivity contribution is 5.86. The number of aryl methyl sites for hydroxylation is 1. The largest absolute Gasteiger partial charge is 0.478 e. The van der Waals surface area contributed by atoms with Crippen molar-refractivity contribution in [3.8, 4) is 0 Å². The molecule has 7 heteroatoms. The van der Waals surface area contributed by atoms with E-state index in [0.717, 1.165) is 0 Å². The fourth-order valence-electron chi connectivity index (χ4n) is 0.936. The predicted octanol–water partition coefficient (Wildman–Crippen LogP) is 2.34. The molecule has 0 spiro atoms. The van der Waals surface area contributed by atoms with E-state index < -0.39 is 12.4 Å². The number of carboxylic acids is 1. The number of alkyl halides is 2. The van der Waals surface area contributed by atoms with Crippen LogP contribution in [0.25, 0.3) is 0 Å². The first-order valence-corrected chi connectivity index (χ1v) is 4.54. The molecule has 2 aromatic heterocycles. The smallest absolute Gasteiger partial charge is 0.338 e. The van der Waals surface area contributed by atoms with Crippen LogP contribution in [0.15, 0.2) is 35.3 Å². The van der Waals surface area contributed by atoms with Crippen LogP contribution in [0.3, 0.4) is 0 Å². The first-order chi connectivity index (χ1) is 8.00. The lowest BCUT2D eigenvalue weighted by atomic mass is 10.4. The number of nitrogens with zero attached hydrogens (tertiary/aromatic N) is 2. The van der Waals surface area contributed by atoms with Gasteiger partial charge in [0, 0.05) is 13.2 Å². The number of aromatic nitrogens is 2. The number of carboxylic acid groups (broad SMARTS) is 1. The third-order valence-electron chi connectivity index (χ3n) is 1.73. The van der Waals surface area contributed by atoms with E-state index in [1.165, 1.54) is 35.5 Å². The number of aromatic carboxylic acids is 1. The van der Waals surface area contributed by atoms with E-state index in [4.69, 9.17) is 5.11 Å². The van der Waals surface area contributed by atoms with Gasteiger partial charge in [0.1, 0.15) is 12.0 Å². The summed E-state index contributed by atoms with van der Waals surface area (Å²) < 4.78 is 29.3. The van der Waals surface area contributed by atoms with E-state index in [1.54, 1.807) is 7.05 Å². The molecule has 2 rings (SSSR count). The zero-order valence-corrected chi connectivity index (χ0v) is 8.88. The molecule has 0 aliphatic carbocycles. The molecule has 0 aromatic carbocycles. The van der Waals surface area contributed by atoms with Gasteiger partial charge in [0.05, 0.1) is 11.8 Å². The Morgan fingerprint density at radius 2 is 2.24 bits per heavy atom. The second kappa shape index (κ2) is 5.78. The second-order valence-corrected chi connectivity index (χ2v) is 3.03. The Morgan fingerprint density at radius 1 is 1.53 bits per heavy atom. The first kappa shape index (κ1) is 12.9. The highest BCUT2D eigenvalue weighted by atomic mass is 19.3. The summed E-state index contributed by atoms with van der Waals surface area (Å²) in [6.07, 6.45) is 1.54. The molecule has 5 nitrogen and oxygen atoms in total. The molecule has 1 N–H and O–H groups in total. The van der Waals surface area contributed by atoms with Crippen molar-refractivity contribution < 1.29 is 23.1 Å². The predicted molar refractivity (Wildman–Crippen MR) is 53.8 cm³/mol. The average Bonchev–Trinajstić information content (AvgIpc) is 2.87. The molecule has 0 bridgehead atoms. The van der Waals surface area contributed by atoms with E-state index in [2.05, 4.69) is 9.52 Å². The number of furan rings is 1. The Labute approximate surface area is 95.3 Å². The molecule has 92 valence electrons. The highest BCUT2D eigenvalue weighted by Crippen LogP contribution is 2.14. The lowest BCUT2D eigenvalue weighted by Gasteiger charge is -1.88. The minimum atomic E-state index is -2.45. The molecule has 0 saturated carbocycles. The van der Waals surface area contributed by atoms with Crippen LogP contribution in [0, 0.1) is 0 Å². The van der Waals surface area contributed by atoms with Gasteiger partial charge in [-0.2, -0.15) is 5.10 Å². The van der Waals surface area contributed by atoms with Crippen molar-refractivity contribution in [3.05, 3.63) is 42.1 Å². The average molecular weight is 244 g/mol. The van der Waals surface area contributed by atoms with Gasteiger partial charge < -0.3 is 9.52 Å². The van der Waals surface area contributed by atoms with Gasteiger partial charge in [-0.05, 0) is 12.1 Å². The molecule has 0 unspecified atom stereocenters. The number of carbonyl (C=O) groups is 1. The fraction of sp³-hybridized carbons (Fsp3) is 0.200. The summed E-state index contributed by atoms with van der Waals surface area (Å²) in [7, 11) is 1.60. The van der Waals surface area contributed by atoms with Crippen molar-refractivity contribution in [3.63, 3.8) is 0 Å². The van der Waals surface area contributed by atoms with E-state index in [0.29, 0.717) is 0 Å². The molecule has 0 amide bonds. The quantitative estimate of drug-likeness (QED) is 0.880. The topological polar surface area (TPSA) is 68.3 Å². The van der Waals surface area contributed by atoms with Crippen LogP contribution in [0.4, 0.5) is 8.78 Å². The molecule has 0 radical (unpaired) electrons. The monoisotopic (exact) mass is 244 g/mol. The summed E-state index contributed by atoms with van der Waals surface area (Å²) in [5.74, 6) is -0.959. The van der Waals surface area contributed by atoms with Crippen molar-refractivity contribution in [2.45, 2.75) is 6.43 Å². The lowest BCUT2D eigenvalue weighted by Crippen LogP contribution is -1.90. The summed E-state index contributed by atoms with van der Waals surface area (Å²) >= 11 is 0. The van der Waals surface area contributed by atoms with E-state index in [9.17, 15) is 13.6 Å². The van der Waals surface area contributed by atoms with Gasteiger partial charge in [0.25, 0.3) is 6.43 Å². The SMILES string of the molecule is Cn1ccc(C(F)F)n1.O=C(O)c1ccoc1. The van der Waals surface area contributed by atoms with Gasteiger partial charge in [-0.3, -0.25) is 4.68 Å². The Hall–Kier alpha value is -2.18. The Bertz CT molecular complexity index is 466. The molecule has 2 aromatic rings. The van der Waals surface area contributed by atoms with Gasteiger partial charge in [-0.15, -0.1) is 0 Å². The van der Waals surface area contributed by atoms with Gasteiger partial charge in [0.15, 0.2) is 0 Å². The maximum absolute atomic E-state index is 11.7. The molecule has 17 heavy (non-hydrogen) atoms. The molecule has 0 fully saturated rings. The van der Waals surface area contributed by atoms with Gasteiger partial charge in [-0.1, -0.05) is 0 Å². The van der Waals surface area contributed by atoms with E-state index in [-0.39, 0.29) is 11.3 Å². The third kappa shape index (κ3) is 4.06. The number of rotatable bonds is 2. The first-order valence-electron chi connectivity index (χ1n) is 4.54. The van der Waals surface area contributed by atoms with Crippen LogP contribution in [0.1, 0.15) is 22.5 Å². The summed E-state index contributed by atoms with van der Waals surface area (Å²) in [6, 6.07) is 2.69. The second-order valence-electron chi connectivity index (χ2n) is 3.03. The van der Waals surface area contributed by atoms with Gasteiger partial charge in [0.2, 0.25) is 0 Å². The van der Waals surface area contributed by atoms with Crippen LogP contribution in [0.2, 0.25) is 0 Å². The normalized spacial score (nSPS) is 9.88. The summed E-state index contributed by atoms with van der Waals surface area (Å²) in [5.41, 5.74) is 0.0162. The molecule has 2 heterocycles. The van der Waals surface area contributed by atoms with E-state index in [1.807, 2.05) is 0 Å². The Kier molecular flexibility index (Phi) is 4.38. The zero-order chi connectivity index (χ0) is 12.8. The van der Waals surface area contributed by atoms with Crippen LogP contribution in [0.5, 0.6) is 0 Å². The molecular formula is C10H10F2N2O3. The van der Waals surface area contributed by atoms with Crippen molar-refractivity contribution in [2.24, 2.45) is 7.05 Å². The number of hydrogen-bond acceptors (Lipinski definition) is 3. The van der Waals surface area contributed by atoms with Crippen molar-refractivity contribution >= 4 is 5.97 Å². The molecular weight excluding hydrogens is 234 g/mol. The minimum Gasteiger partial charge on any atom is -0.478 e. The minimum absolute atomic E-state index is 0.169. The lowest BCUT2D eigenvalue weighted by molar-refractivity contribution is 0.0696. The summed E-state index contributed by atoms with van der Waals surface area (Å²) in [4.78, 5) is 10.0. The third-order valence-corrected chi connectivity index (χ3v) is 1.73.